The number of likely N-dealkylation sites (tertiary alicyclic amines) is 1. The van der Waals surface area contributed by atoms with Gasteiger partial charge in [0.25, 0.3) is 0 Å². The number of nitrogens with one attached hydrogen (secondary N) is 2. The summed E-state index contributed by atoms with van der Waals surface area (Å²) in [7, 11) is 0.919. The van der Waals surface area contributed by atoms with Crippen molar-refractivity contribution in [3.63, 3.8) is 0 Å². The molecule has 12 heteroatoms. The van der Waals surface area contributed by atoms with Gasteiger partial charge in [-0.15, -0.1) is 0 Å². The molecule has 1 fully saturated rings. The normalized spacial score (nSPS) is 19.2. The van der Waals surface area contributed by atoms with Gasteiger partial charge in [-0.3, -0.25) is 14.2 Å². The number of hydrogen-bond acceptors (Lipinski definition) is 4. The van der Waals surface area contributed by atoms with Gasteiger partial charge in [-0.25, -0.2) is 8.78 Å². The zero-order valence-corrected chi connectivity index (χ0v) is 19.9. The Morgan fingerprint density at radius 3 is 2.49 bits per heavy atom. The van der Waals surface area contributed by atoms with E-state index in [4.69, 9.17) is 0 Å². The predicted octanol–water partition coefficient (Wildman–Crippen LogP) is 3.65. The Labute approximate surface area is 210 Å². The summed E-state index contributed by atoms with van der Waals surface area (Å²) >= 11 is 0. The molecule has 3 aromatic rings. The van der Waals surface area contributed by atoms with Gasteiger partial charge in [0.1, 0.15) is 11.6 Å². The minimum absolute atomic E-state index is 0.0487. The molecule has 1 saturated heterocycles. The molecule has 0 bridgehead atoms. The van der Waals surface area contributed by atoms with Gasteiger partial charge in [0.05, 0.1) is 25.3 Å². The van der Waals surface area contributed by atoms with Gasteiger partial charge in [0, 0.05) is 54.0 Å². The third kappa shape index (κ3) is 5.32. The number of nitrogens with zero attached hydrogens (tertiary/aromatic N) is 2. The van der Waals surface area contributed by atoms with Gasteiger partial charge in [-0.1, -0.05) is 17.6 Å². The van der Waals surface area contributed by atoms with E-state index >= 15 is 8.78 Å². The molecule has 2 aliphatic rings. The Balaban J connectivity index is 1.48. The Kier molecular flexibility index (Phi) is 7.17. The number of halogens is 6. The first-order chi connectivity index (χ1) is 17.7. The van der Waals surface area contributed by atoms with Crippen LogP contribution >= 0.6 is 0 Å². The summed E-state index contributed by atoms with van der Waals surface area (Å²) < 4.78 is 83.7. The average molecular weight is 523 g/mol. The molecule has 0 amide bonds. The number of H-pyrrole nitrogens is 1. The van der Waals surface area contributed by atoms with Crippen molar-refractivity contribution in [1.29, 1.82) is 0 Å². The van der Waals surface area contributed by atoms with Crippen molar-refractivity contribution < 1.29 is 31.4 Å². The molecule has 5 nitrogen and oxygen atoms in total. The van der Waals surface area contributed by atoms with E-state index in [2.05, 4.69) is 10.3 Å². The van der Waals surface area contributed by atoms with E-state index in [1.165, 1.54) is 0 Å². The number of rotatable bonds is 8. The molecule has 1 unspecified atom stereocenters. The van der Waals surface area contributed by atoms with Crippen LogP contribution in [0.15, 0.2) is 30.3 Å². The van der Waals surface area contributed by atoms with Gasteiger partial charge in [0.2, 0.25) is 0 Å². The average Bonchev–Trinajstić information content (AvgIpc) is 3.18. The number of benzene rings is 2. The second-order valence-corrected chi connectivity index (χ2v) is 9.69. The summed E-state index contributed by atoms with van der Waals surface area (Å²) in [5.41, 5.74) is 1.85. The van der Waals surface area contributed by atoms with Crippen molar-refractivity contribution in [1.82, 2.24) is 14.8 Å². The number of hydrogen-bond donors (Lipinski definition) is 3. The highest BCUT2D eigenvalue weighted by Gasteiger charge is 2.41. The molecule has 2 aliphatic heterocycles. The molecule has 1 atom stereocenters. The van der Waals surface area contributed by atoms with Gasteiger partial charge in [0.15, 0.2) is 0 Å². The van der Waals surface area contributed by atoms with E-state index in [1.54, 1.807) is 18.2 Å². The highest BCUT2D eigenvalue weighted by atomic mass is 19.4. The smallest absolute Gasteiger partial charge is 0.401 e. The fraction of sp³-hybridized carbons (Fsp3) is 0.440. The van der Waals surface area contributed by atoms with E-state index in [0.717, 1.165) is 24.5 Å². The third-order valence-electron chi connectivity index (χ3n) is 7.07. The van der Waals surface area contributed by atoms with E-state index in [-0.39, 0.29) is 24.7 Å². The number of anilines is 1. The van der Waals surface area contributed by atoms with Gasteiger partial charge in [-0.05, 0) is 36.6 Å². The Morgan fingerprint density at radius 2 is 1.84 bits per heavy atom. The molecule has 5 rings (SSSR count). The van der Waals surface area contributed by atoms with Crippen LogP contribution in [0.5, 0.6) is 0 Å². The first-order valence-corrected chi connectivity index (χ1v) is 12.1. The van der Waals surface area contributed by atoms with E-state index in [1.807, 2.05) is 4.90 Å². The molecule has 197 valence electrons. The number of aromatic amines is 1. The molecule has 0 aliphatic carbocycles. The molecular formula is C25H26BF6N4O. The Morgan fingerprint density at radius 1 is 1.11 bits per heavy atom. The van der Waals surface area contributed by atoms with Crippen LogP contribution in [0, 0.1) is 11.6 Å². The van der Waals surface area contributed by atoms with Crippen LogP contribution in [0.1, 0.15) is 29.3 Å². The summed E-state index contributed by atoms with van der Waals surface area (Å²) in [6.45, 7) is 0.0534. The van der Waals surface area contributed by atoms with E-state index in [9.17, 15) is 22.6 Å². The predicted molar refractivity (Wildman–Crippen MR) is 130 cm³/mol. The fourth-order valence-electron chi connectivity index (χ4n) is 5.46. The molecule has 37 heavy (non-hydrogen) atoms. The van der Waals surface area contributed by atoms with Crippen molar-refractivity contribution in [2.75, 3.05) is 44.7 Å². The first kappa shape index (κ1) is 25.9. The van der Waals surface area contributed by atoms with Crippen LogP contribution in [0.3, 0.4) is 0 Å². The number of fused-ring (bicyclic) bond motifs is 3. The topological polar surface area (TPSA) is 54.5 Å². The second-order valence-electron chi connectivity index (χ2n) is 9.69. The van der Waals surface area contributed by atoms with Crippen LogP contribution < -0.4 is 10.8 Å². The first-order valence-electron chi connectivity index (χ1n) is 12.1. The lowest BCUT2D eigenvalue weighted by Gasteiger charge is -2.40. The van der Waals surface area contributed by atoms with Crippen LogP contribution in [0.2, 0.25) is 0 Å². The van der Waals surface area contributed by atoms with E-state index < -0.39 is 42.6 Å². The third-order valence-corrected chi connectivity index (χ3v) is 7.07. The monoisotopic (exact) mass is 523 g/mol. The zero-order chi connectivity index (χ0) is 26.3. The second kappa shape index (κ2) is 10.2. The van der Waals surface area contributed by atoms with Crippen molar-refractivity contribution in [3.8, 4) is 0 Å². The van der Waals surface area contributed by atoms with Gasteiger partial charge in [-0.2, -0.15) is 13.2 Å². The highest BCUT2D eigenvalue weighted by molar-refractivity contribution is 6.46. The lowest BCUT2D eigenvalue weighted by atomic mass is 9.86. The maximum atomic E-state index is 15.5. The largest absolute Gasteiger partial charge is 0.450 e. The summed E-state index contributed by atoms with van der Waals surface area (Å²) in [6, 6.07) is 5.86. The summed E-state index contributed by atoms with van der Waals surface area (Å²) in [5.74, 6) is -1.88. The van der Waals surface area contributed by atoms with Crippen molar-refractivity contribution in [2.45, 2.75) is 31.1 Å². The minimum atomic E-state index is -4.56. The maximum Gasteiger partial charge on any atom is 0.401 e. The lowest BCUT2D eigenvalue weighted by molar-refractivity contribution is -0.150. The molecule has 1 aromatic heterocycles. The zero-order valence-electron chi connectivity index (χ0n) is 19.9. The van der Waals surface area contributed by atoms with E-state index in [0.29, 0.717) is 53.7 Å². The Bertz CT molecular complexity index is 1250. The SMILES string of the molecule is O[B]c1ccc2[nH]c3c(c2c1)CCN(CC(F)(F)F)C3c1c(F)cc(NC2CN(CCCF)C2)cc1F. The highest BCUT2D eigenvalue weighted by Crippen LogP contribution is 2.42. The molecule has 2 aromatic carbocycles. The van der Waals surface area contributed by atoms with Gasteiger partial charge < -0.3 is 15.3 Å². The summed E-state index contributed by atoms with van der Waals surface area (Å²) in [5, 5.41) is 13.1. The number of aromatic nitrogens is 1. The van der Waals surface area contributed by atoms with Crippen molar-refractivity contribution >= 4 is 29.5 Å². The molecule has 3 heterocycles. The molecular weight excluding hydrogens is 497 g/mol. The van der Waals surface area contributed by atoms with Crippen LogP contribution in [0.4, 0.5) is 32.0 Å². The maximum absolute atomic E-state index is 15.5. The summed E-state index contributed by atoms with van der Waals surface area (Å²) in [4.78, 5) is 6.15. The Hall–Kier alpha value is -2.70. The van der Waals surface area contributed by atoms with Crippen LogP contribution in [-0.2, 0) is 6.42 Å². The summed E-state index contributed by atoms with van der Waals surface area (Å²) in [6.07, 6.45) is -3.89. The molecule has 1 radical (unpaired) electrons. The lowest BCUT2D eigenvalue weighted by Crippen LogP contribution is -2.54. The minimum Gasteiger partial charge on any atom is -0.450 e. The molecule has 0 spiro atoms. The van der Waals surface area contributed by atoms with Crippen LogP contribution in [0.25, 0.3) is 10.9 Å². The van der Waals surface area contributed by atoms with Crippen molar-refractivity contribution in [2.24, 2.45) is 0 Å². The van der Waals surface area contributed by atoms with Gasteiger partial charge >= 0.3 is 13.7 Å². The molecule has 3 N–H and O–H groups in total. The fourth-order valence-corrected chi connectivity index (χ4v) is 5.46. The van der Waals surface area contributed by atoms with Crippen LogP contribution in [-0.4, -0.2) is 78.9 Å². The standard InChI is InChI=1S/C25H26BF6N4O/c27-5-1-6-35-11-16(12-35)33-15-9-19(28)22(20(29)10-15)24-23-17(4-7-36(24)13-25(30,31)32)18-8-14(26-37)2-3-21(18)34-23/h2-3,8-10,16,24,33-34,37H,1,4-7,11-13H2. The molecule has 0 saturated carbocycles. The quantitative estimate of drug-likeness (QED) is 0.312. The number of alkyl halides is 4. The van der Waals surface area contributed by atoms with Crippen molar-refractivity contribution in [3.05, 3.63) is 58.8 Å².